The Kier molecular flexibility index (Phi) is 8.55. The number of anilines is 1. The molecule has 2 aromatic heterocycles. The number of piperidine rings is 1. The zero-order valence-electron chi connectivity index (χ0n) is 22.8. The molecule has 1 atom stereocenters. The summed E-state index contributed by atoms with van der Waals surface area (Å²) in [6, 6.07) is 11.7. The van der Waals surface area contributed by atoms with Gasteiger partial charge in [0.25, 0.3) is 0 Å². The fourth-order valence-electron chi connectivity index (χ4n) is 4.83. The number of nitrogens with zero attached hydrogens (tertiary/aromatic N) is 3. The van der Waals surface area contributed by atoms with Gasteiger partial charge in [-0.2, -0.15) is 0 Å². The van der Waals surface area contributed by atoms with Gasteiger partial charge in [-0.1, -0.05) is 19.1 Å². The van der Waals surface area contributed by atoms with Crippen LogP contribution in [0.15, 0.2) is 66.1 Å². The molecular weight excluding hydrogens is 548 g/mol. The Balaban J connectivity index is 1.51. The highest BCUT2D eigenvalue weighted by molar-refractivity contribution is 7.93. The molecule has 2 N–H and O–H groups in total. The number of benzene rings is 2. The van der Waals surface area contributed by atoms with Gasteiger partial charge in [-0.15, -0.1) is 0 Å². The summed E-state index contributed by atoms with van der Waals surface area (Å²) in [6.45, 7) is 5.18. The first kappa shape index (κ1) is 28.6. The molecule has 4 aromatic rings. The summed E-state index contributed by atoms with van der Waals surface area (Å²) < 4.78 is 60.3. The van der Waals surface area contributed by atoms with Gasteiger partial charge in [-0.25, -0.2) is 32.2 Å². The van der Waals surface area contributed by atoms with Gasteiger partial charge in [0.05, 0.1) is 22.4 Å². The molecule has 41 heavy (non-hydrogen) atoms. The molecule has 0 bridgehead atoms. The van der Waals surface area contributed by atoms with Crippen molar-refractivity contribution in [3.8, 4) is 22.9 Å². The third-order valence-electron chi connectivity index (χ3n) is 6.92. The molecule has 0 saturated carbocycles. The summed E-state index contributed by atoms with van der Waals surface area (Å²) in [4.78, 5) is 13.5. The van der Waals surface area contributed by atoms with Gasteiger partial charge < -0.3 is 15.4 Å². The number of aromatic nitrogens is 3. The lowest BCUT2D eigenvalue weighted by Gasteiger charge is -2.23. The minimum absolute atomic E-state index is 0.0579. The van der Waals surface area contributed by atoms with Gasteiger partial charge in [0.15, 0.2) is 9.84 Å². The van der Waals surface area contributed by atoms with E-state index < -0.39 is 27.2 Å². The van der Waals surface area contributed by atoms with E-state index in [1.165, 1.54) is 13.0 Å². The van der Waals surface area contributed by atoms with Crippen LogP contribution in [0, 0.1) is 12.7 Å². The molecule has 2 aromatic carbocycles. The summed E-state index contributed by atoms with van der Waals surface area (Å²) >= 11 is 0. The molecule has 0 radical (unpaired) electrons. The lowest BCUT2D eigenvalue weighted by Crippen LogP contribution is -2.38. The molecular formula is C30H31F2N5O3S. The summed E-state index contributed by atoms with van der Waals surface area (Å²) in [5, 5.41) is 8.16. The molecule has 8 nitrogen and oxygen atoms in total. The number of hydrogen-bond donors (Lipinski definition) is 2. The maximum atomic E-state index is 15.0. The second kappa shape index (κ2) is 12.3. The number of fused-ring (bicyclic) bond motifs is 1. The normalized spacial score (nSPS) is 16.1. The fraction of sp³-hybridized carbons (Fsp3) is 0.300. The Labute approximate surface area is 237 Å². The SMILES string of the molecule is CC/C(F)=C/S(=O)(=O)Cc1c(F)ccc2c(Oc3ncccc3-c3ccnc(N[C@H]4CCCNC4)n3)c(C)ccc12. The molecule has 214 valence electrons. The molecule has 0 spiro atoms. The Bertz CT molecular complexity index is 1710. The van der Waals surface area contributed by atoms with E-state index in [0.717, 1.165) is 31.5 Å². The number of rotatable bonds is 9. The lowest BCUT2D eigenvalue weighted by atomic mass is 10.0. The van der Waals surface area contributed by atoms with Crippen molar-refractivity contribution in [2.75, 3.05) is 18.4 Å². The first-order valence-electron chi connectivity index (χ1n) is 13.5. The molecule has 1 aliphatic rings. The number of ether oxygens (including phenoxy) is 1. The average Bonchev–Trinajstić information content (AvgIpc) is 2.96. The quantitative estimate of drug-likeness (QED) is 0.240. The van der Waals surface area contributed by atoms with Crippen molar-refractivity contribution in [1.29, 1.82) is 0 Å². The zero-order chi connectivity index (χ0) is 29.0. The van der Waals surface area contributed by atoms with Crippen LogP contribution in [-0.4, -0.2) is 42.5 Å². The lowest BCUT2D eigenvalue weighted by molar-refractivity contribution is 0.466. The van der Waals surface area contributed by atoms with Crippen molar-refractivity contribution in [3.05, 3.63) is 83.0 Å². The van der Waals surface area contributed by atoms with Crippen molar-refractivity contribution in [1.82, 2.24) is 20.3 Å². The summed E-state index contributed by atoms with van der Waals surface area (Å²) in [6.07, 6.45) is 5.30. The van der Waals surface area contributed by atoms with E-state index in [2.05, 4.69) is 20.6 Å². The second-order valence-corrected chi connectivity index (χ2v) is 11.8. The number of pyridine rings is 1. The molecule has 0 amide bonds. The number of sulfone groups is 1. The molecule has 1 saturated heterocycles. The number of hydrogen-bond acceptors (Lipinski definition) is 8. The van der Waals surface area contributed by atoms with Crippen LogP contribution in [0.2, 0.25) is 0 Å². The minimum atomic E-state index is -4.05. The van der Waals surface area contributed by atoms with Gasteiger partial charge in [0.2, 0.25) is 11.8 Å². The van der Waals surface area contributed by atoms with E-state index in [4.69, 9.17) is 9.72 Å². The van der Waals surface area contributed by atoms with Crippen LogP contribution in [0.5, 0.6) is 11.6 Å². The van der Waals surface area contributed by atoms with E-state index in [0.29, 0.717) is 39.1 Å². The van der Waals surface area contributed by atoms with Crippen LogP contribution in [0.3, 0.4) is 0 Å². The second-order valence-electron chi connectivity index (χ2n) is 9.97. The standard InChI is InChI=1S/C30H31F2N5O3S/c1-3-20(31)17-41(38,39)18-25-22-9-8-19(2)28(23(22)10-11-26(25)32)40-29-24(7-5-14-34-29)27-12-15-35-30(37-27)36-21-6-4-13-33-16-21/h5,7-12,14-15,17,21,33H,3-4,6,13,16,18H2,1-2H3,(H,35,36,37)/b20-17-/t21-/m0/s1. The van der Waals surface area contributed by atoms with Crippen LogP contribution in [0.25, 0.3) is 22.0 Å². The molecule has 1 fully saturated rings. The molecule has 1 aliphatic heterocycles. The zero-order valence-corrected chi connectivity index (χ0v) is 23.6. The third-order valence-corrected chi connectivity index (χ3v) is 8.23. The predicted octanol–water partition coefficient (Wildman–Crippen LogP) is 6.23. The number of halogens is 2. The van der Waals surface area contributed by atoms with Gasteiger partial charge in [0, 0.05) is 35.9 Å². The Hall–Kier alpha value is -3.96. The number of aryl methyl sites for hydroxylation is 1. The van der Waals surface area contributed by atoms with E-state index in [-0.39, 0.29) is 23.9 Å². The van der Waals surface area contributed by atoms with Gasteiger partial charge in [0.1, 0.15) is 17.4 Å². The van der Waals surface area contributed by atoms with Crippen LogP contribution in [0.1, 0.15) is 37.3 Å². The number of nitrogens with one attached hydrogen (secondary N) is 2. The van der Waals surface area contributed by atoms with E-state index in [1.807, 2.05) is 13.0 Å². The molecule has 11 heteroatoms. The molecule has 5 rings (SSSR count). The van der Waals surface area contributed by atoms with Gasteiger partial charge in [-0.05, 0) is 74.0 Å². The van der Waals surface area contributed by atoms with Gasteiger partial charge >= 0.3 is 0 Å². The fourth-order valence-corrected chi connectivity index (χ4v) is 6.16. The monoisotopic (exact) mass is 579 g/mol. The van der Waals surface area contributed by atoms with Gasteiger partial charge in [-0.3, -0.25) is 0 Å². The van der Waals surface area contributed by atoms with E-state index in [1.54, 1.807) is 42.7 Å². The van der Waals surface area contributed by atoms with Crippen molar-refractivity contribution in [2.45, 2.75) is 44.9 Å². The number of allylic oxidation sites excluding steroid dienone is 1. The van der Waals surface area contributed by atoms with E-state index >= 15 is 0 Å². The Morgan fingerprint density at radius 3 is 2.76 bits per heavy atom. The highest BCUT2D eigenvalue weighted by Gasteiger charge is 2.21. The van der Waals surface area contributed by atoms with Crippen molar-refractivity contribution in [3.63, 3.8) is 0 Å². The molecule has 3 heterocycles. The average molecular weight is 580 g/mol. The topological polar surface area (TPSA) is 106 Å². The Morgan fingerprint density at radius 1 is 1.15 bits per heavy atom. The smallest absolute Gasteiger partial charge is 0.228 e. The minimum Gasteiger partial charge on any atom is -0.437 e. The van der Waals surface area contributed by atoms with Crippen molar-refractivity contribution in [2.24, 2.45) is 0 Å². The van der Waals surface area contributed by atoms with Crippen molar-refractivity contribution < 1.29 is 21.9 Å². The molecule has 0 unspecified atom stereocenters. The van der Waals surface area contributed by atoms with Crippen LogP contribution in [0.4, 0.5) is 14.7 Å². The third kappa shape index (κ3) is 6.68. The van der Waals surface area contributed by atoms with Crippen LogP contribution in [-0.2, 0) is 15.6 Å². The maximum Gasteiger partial charge on any atom is 0.228 e. The highest BCUT2D eigenvalue weighted by atomic mass is 32.2. The van der Waals surface area contributed by atoms with Crippen LogP contribution >= 0.6 is 0 Å². The summed E-state index contributed by atoms with van der Waals surface area (Å²) in [7, 11) is -4.05. The largest absolute Gasteiger partial charge is 0.437 e. The first-order valence-corrected chi connectivity index (χ1v) is 15.2. The Morgan fingerprint density at radius 2 is 1.98 bits per heavy atom. The van der Waals surface area contributed by atoms with Crippen molar-refractivity contribution >= 4 is 26.6 Å². The first-order chi connectivity index (χ1) is 19.7. The van der Waals surface area contributed by atoms with E-state index in [9.17, 15) is 17.2 Å². The van der Waals surface area contributed by atoms with Crippen LogP contribution < -0.4 is 15.4 Å². The summed E-state index contributed by atoms with van der Waals surface area (Å²) in [5.74, 6) is -0.993. The predicted molar refractivity (Wildman–Crippen MR) is 156 cm³/mol. The summed E-state index contributed by atoms with van der Waals surface area (Å²) in [5.41, 5.74) is 1.91. The highest BCUT2D eigenvalue weighted by Crippen LogP contribution is 2.38. The molecule has 0 aliphatic carbocycles. The maximum absolute atomic E-state index is 15.0.